The molecule has 0 spiro atoms. The molecule has 1 heterocycles. The van der Waals surface area contributed by atoms with Crippen molar-refractivity contribution >= 4 is 40.1 Å². The van der Waals surface area contributed by atoms with Gasteiger partial charge in [0.15, 0.2) is 5.17 Å². The van der Waals surface area contributed by atoms with E-state index < -0.39 is 5.91 Å². The van der Waals surface area contributed by atoms with Crippen LogP contribution < -0.4 is 15.4 Å². The molecule has 8 heteroatoms. The van der Waals surface area contributed by atoms with Crippen molar-refractivity contribution in [2.24, 2.45) is 4.99 Å². The molecule has 0 aliphatic carbocycles. The smallest absolute Gasteiger partial charge is 0.267 e. The molecular formula is C14H13ClN4O2S. The number of amidine groups is 1. The minimum absolute atomic E-state index is 0.0720. The first-order chi connectivity index (χ1) is 10.6. The van der Waals surface area contributed by atoms with Crippen LogP contribution in [0.4, 0.5) is 5.69 Å². The highest BCUT2D eigenvalue weighted by Crippen LogP contribution is 2.27. The van der Waals surface area contributed by atoms with E-state index in [2.05, 4.69) is 15.6 Å². The van der Waals surface area contributed by atoms with E-state index in [0.717, 1.165) is 12.3 Å². The first-order valence-electron chi connectivity index (χ1n) is 6.33. The van der Waals surface area contributed by atoms with Crippen molar-refractivity contribution in [2.75, 3.05) is 24.7 Å². The fourth-order valence-corrected chi connectivity index (χ4v) is 2.55. The molecule has 0 saturated carbocycles. The highest BCUT2D eigenvalue weighted by molar-refractivity contribution is 8.14. The third-order valence-corrected chi connectivity index (χ3v) is 3.84. The molecule has 2 rings (SSSR count). The molecule has 0 radical (unpaired) electrons. The van der Waals surface area contributed by atoms with Crippen LogP contribution in [0.25, 0.3) is 0 Å². The summed E-state index contributed by atoms with van der Waals surface area (Å²) >= 11 is 7.43. The number of halogens is 1. The quantitative estimate of drug-likeness (QED) is 0.651. The van der Waals surface area contributed by atoms with Crippen LogP contribution >= 0.6 is 23.4 Å². The number of hydrogen-bond donors (Lipinski definition) is 2. The first kappa shape index (κ1) is 16.2. The van der Waals surface area contributed by atoms with Crippen LogP contribution in [0.1, 0.15) is 0 Å². The molecule has 0 unspecified atom stereocenters. The summed E-state index contributed by atoms with van der Waals surface area (Å²) in [6.07, 6.45) is 1.34. The lowest BCUT2D eigenvalue weighted by molar-refractivity contribution is -0.112. The summed E-state index contributed by atoms with van der Waals surface area (Å²) in [6, 6.07) is 6.68. The van der Waals surface area contributed by atoms with Gasteiger partial charge in [0.05, 0.1) is 19.3 Å². The Morgan fingerprint density at radius 3 is 3.05 bits per heavy atom. The Labute approximate surface area is 137 Å². The molecule has 1 aliphatic heterocycles. The number of carbonyl (C=O) groups excluding carboxylic acids is 1. The number of carbonyl (C=O) groups is 1. The SMILES string of the molecule is COc1ccc(Cl)cc1NC(=O)/C(C#N)=C\NC1=NCCS1. The number of thioether (sulfide) groups is 1. The highest BCUT2D eigenvalue weighted by Gasteiger charge is 2.13. The monoisotopic (exact) mass is 336 g/mol. The van der Waals surface area contributed by atoms with Crippen LogP contribution in [-0.2, 0) is 4.79 Å². The number of nitrogens with zero attached hydrogens (tertiary/aromatic N) is 2. The van der Waals surface area contributed by atoms with Gasteiger partial charge in [0, 0.05) is 17.0 Å². The van der Waals surface area contributed by atoms with Crippen molar-refractivity contribution in [2.45, 2.75) is 0 Å². The van der Waals surface area contributed by atoms with E-state index in [9.17, 15) is 4.79 Å². The summed E-state index contributed by atoms with van der Waals surface area (Å²) in [5, 5.41) is 15.7. The van der Waals surface area contributed by atoms with E-state index in [1.165, 1.54) is 25.1 Å². The standard InChI is InChI=1S/C14H13ClN4O2S/c1-21-12-3-2-10(15)6-11(12)19-13(20)9(7-16)8-18-14-17-4-5-22-14/h2-3,6,8H,4-5H2,1H3,(H,17,18)(H,19,20)/b9-8-. The van der Waals surface area contributed by atoms with E-state index >= 15 is 0 Å². The summed E-state index contributed by atoms with van der Waals surface area (Å²) in [5.41, 5.74) is 0.325. The normalized spacial score (nSPS) is 14.0. The third kappa shape index (κ3) is 4.16. The fourth-order valence-electron chi connectivity index (χ4n) is 1.67. The van der Waals surface area contributed by atoms with Crippen LogP contribution in [0.5, 0.6) is 5.75 Å². The predicted molar refractivity (Wildman–Crippen MR) is 88.2 cm³/mol. The molecule has 6 nitrogen and oxygen atoms in total. The summed E-state index contributed by atoms with van der Waals surface area (Å²) in [6.45, 7) is 0.731. The Kier molecular flexibility index (Phi) is 5.69. The zero-order valence-corrected chi connectivity index (χ0v) is 13.3. The Hall–Kier alpha value is -2.17. The maximum atomic E-state index is 12.1. The maximum absolute atomic E-state index is 12.1. The number of hydrogen-bond acceptors (Lipinski definition) is 6. The Morgan fingerprint density at radius 1 is 1.59 bits per heavy atom. The number of anilines is 1. The topological polar surface area (TPSA) is 86.5 Å². The van der Waals surface area contributed by atoms with Gasteiger partial charge in [-0.25, -0.2) is 0 Å². The first-order valence-corrected chi connectivity index (χ1v) is 7.69. The number of ether oxygens (including phenoxy) is 1. The average molecular weight is 337 g/mol. The molecule has 0 bridgehead atoms. The van der Waals surface area contributed by atoms with Crippen LogP contribution in [0.15, 0.2) is 35.0 Å². The van der Waals surface area contributed by atoms with Crippen molar-refractivity contribution in [3.05, 3.63) is 35.0 Å². The van der Waals surface area contributed by atoms with Crippen LogP contribution in [0, 0.1) is 11.3 Å². The number of rotatable bonds is 4. The summed E-state index contributed by atoms with van der Waals surface area (Å²) < 4.78 is 5.14. The van der Waals surface area contributed by atoms with Crippen molar-refractivity contribution < 1.29 is 9.53 Å². The van der Waals surface area contributed by atoms with Crippen LogP contribution in [0.3, 0.4) is 0 Å². The van der Waals surface area contributed by atoms with E-state index in [1.807, 2.05) is 6.07 Å². The molecule has 1 aromatic rings. The minimum Gasteiger partial charge on any atom is -0.495 e. The van der Waals surface area contributed by atoms with Crippen molar-refractivity contribution in [1.29, 1.82) is 5.26 Å². The summed E-state index contributed by atoms with van der Waals surface area (Å²) in [5.74, 6) is 0.794. The Balaban J connectivity index is 2.11. The van der Waals surface area contributed by atoms with Gasteiger partial charge in [-0.3, -0.25) is 9.79 Å². The largest absolute Gasteiger partial charge is 0.495 e. The molecule has 114 valence electrons. The fraction of sp³-hybridized carbons (Fsp3) is 0.214. The predicted octanol–water partition coefficient (Wildman–Crippen LogP) is 2.39. The van der Waals surface area contributed by atoms with E-state index in [-0.39, 0.29) is 5.57 Å². The second-order valence-electron chi connectivity index (χ2n) is 4.15. The minimum atomic E-state index is -0.556. The zero-order chi connectivity index (χ0) is 15.9. The van der Waals surface area contributed by atoms with Gasteiger partial charge in [-0.1, -0.05) is 23.4 Å². The van der Waals surface area contributed by atoms with Crippen LogP contribution in [0.2, 0.25) is 5.02 Å². The molecule has 1 amide bonds. The zero-order valence-electron chi connectivity index (χ0n) is 11.7. The van der Waals surface area contributed by atoms with Gasteiger partial charge in [-0.05, 0) is 18.2 Å². The molecule has 1 aromatic carbocycles. The van der Waals surface area contributed by atoms with E-state index in [4.69, 9.17) is 21.6 Å². The molecular weight excluding hydrogens is 324 g/mol. The van der Waals surface area contributed by atoms with Gasteiger partial charge in [0.25, 0.3) is 5.91 Å². The second kappa shape index (κ2) is 7.73. The second-order valence-corrected chi connectivity index (χ2v) is 5.67. The van der Waals surface area contributed by atoms with Gasteiger partial charge in [0.2, 0.25) is 0 Å². The molecule has 22 heavy (non-hydrogen) atoms. The third-order valence-electron chi connectivity index (χ3n) is 2.70. The number of aliphatic imine (C=N–C) groups is 1. The number of nitrogens with one attached hydrogen (secondary N) is 2. The Morgan fingerprint density at radius 2 is 2.41 bits per heavy atom. The number of nitriles is 1. The van der Waals surface area contributed by atoms with Gasteiger partial charge in [-0.15, -0.1) is 0 Å². The molecule has 0 atom stereocenters. The molecule has 0 aromatic heterocycles. The highest BCUT2D eigenvalue weighted by atomic mass is 35.5. The van der Waals surface area contributed by atoms with Gasteiger partial charge >= 0.3 is 0 Å². The Bertz CT molecular complexity index is 682. The van der Waals surface area contributed by atoms with Gasteiger partial charge in [0.1, 0.15) is 17.4 Å². The number of benzene rings is 1. The number of methoxy groups -OCH3 is 1. The average Bonchev–Trinajstić information content (AvgIpc) is 3.01. The number of amides is 1. The molecule has 1 aliphatic rings. The lowest BCUT2D eigenvalue weighted by Crippen LogP contribution is -2.19. The van der Waals surface area contributed by atoms with Gasteiger partial charge < -0.3 is 15.4 Å². The van der Waals surface area contributed by atoms with Crippen molar-refractivity contribution in [3.8, 4) is 11.8 Å². The van der Waals surface area contributed by atoms with Gasteiger partial charge in [-0.2, -0.15) is 5.26 Å². The van der Waals surface area contributed by atoms with E-state index in [0.29, 0.717) is 21.6 Å². The van der Waals surface area contributed by atoms with Crippen molar-refractivity contribution in [3.63, 3.8) is 0 Å². The molecule has 0 fully saturated rings. The van der Waals surface area contributed by atoms with Crippen molar-refractivity contribution in [1.82, 2.24) is 5.32 Å². The van der Waals surface area contributed by atoms with Crippen LogP contribution in [-0.4, -0.2) is 30.5 Å². The maximum Gasteiger partial charge on any atom is 0.267 e. The van der Waals surface area contributed by atoms with E-state index in [1.54, 1.807) is 18.2 Å². The summed E-state index contributed by atoms with van der Waals surface area (Å²) in [4.78, 5) is 16.3. The lowest BCUT2D eigenvalue weighted by Gasteiger charge is -2.10. The lowest BCUT2D eigenvalue weighted by atomic mass is 10.2. The summed E-state index contributed by atoms with van der Waals surface area (Å²) in [7, 11) is 1.48. The molecule has 0 saturated heterocycles. The molecule has 2 N–H and O–H groups in total.